The van der Waals surface area contributed by atoms with Crippen LogP contribution in [0.5, 0.6) is 0 Å². The van der Waals surface area contributed by atoms with E-state index in [0.717, 1.165) is 23.2 Å². The molecule has 0 spiro atoms. The normalized spacial score (nSPS) is 13.1. The molecule has 6 heteroatoms. The Morgan fingerprint density at radius 2 is 1.86 bits per heavy atom. The van der Waals surface area contributed by atoms with Crippen LogP contribution in [0.1, 0.15) is 44.2 Å². The summed E-state index contributed by atoms with van der Waals surface area (Å²) in [5, 5.41) is 10.5. The zero-order valence-corrected chi connectivity index (χ0v) is 17.5. The zero-order chi connectivity index (χ0) is 20.1. The van der Waals surface area contributed by atoms with Gasteiger partial charge in [0.1, 0.15) is 0 Å². The molecule has 146 valence electrons. The van der Waals surface area contributed by atoms with Crippen molar-refractivity contribution in [2.24, 2.45) is 0 Å². The topological polar surface area (TPSA) is 70.7 Å². The number of carbonyl (C=O) groups is 1. The largest absolute Gasteiger partial charge is 0.325 e. The minimum atomic E-state index is -0.313. The maximum Gasteiger partial charge on any atom is 0.237 e. The summed E-state index contributed by atoms with van der Waals surface area (Å²) in [4.78, 5) is 17.2. The number of aromatic nitrogens is 3. The molecule has 5 nitrogen and oxygen atoms in total. The third-order valence-electron chi connectivity index (χ3n) is 4.80. The molecule has 3 aromatic rings. The zero-order valence-electron chi connectivity index (χ0n) is 16.7. The summed E-state index contributed by atoms with van der Waals surface area (Å²) in [6, 6.07) is 16.1. The highest BCUT2D eigenvalue weighted by Gasteiger charge is 2.19. The highest BCUT2D eigenvalue weighted by atomic mass is 32.2. The lowest BCUT2D eigenvalue weighted by Gasteiger charge is -2.17. The smallest absolute Gasteiger partial charge is 0.237 e. The van der Waals surface area contributed by atoms with Crippen molar-refractivity contribution in [2.45, 2.75) is 50.4 Å². The van der Waals surface area contributed by atoms with E-state index in [1.807, 2.05) is 56.3 Å². The monoisotopic (exact) mass is 394 g/mol. The number of H-pyrrole nitrogens is 1. The quantitative estimate of drug-likeness (QED) is 0.525. The molecular formula is C22H26N4OS. The van der Waals surface area contributed by atoms with Crippen molar-refractivity contribution in [1.82, 2.24) is 15.2 Å². The fourth-order valence-corrected chi connectivity index (χ4v) is 3.57. The molecular weight excluding hydrogens is 368 g/mol. The number of benzene rings is 2. The van der Waals surface area contributed by atoms with Crippen LogP contribution in [0.4, 0.5) is 5.69 Å². The Balaban J connectivity index is 1.66. The van der Waals surface area contributed by atoms with Crippen LogP contribution >= 0.6 is 11.8 Å². The molecule has 0 unspecified atom stereocenters. The van der Waals surface area contributed by atoms with Gasteiger partial charge < -0.3 is 5.32 Å². The second kappa shape index (κ2) is 9.06. The number of anilines is 1. The molecule has 0 aliphatic heterocycles. The van der Waals surface area contributed by atoms with E-state index in [4.69, 9.17) is 0 Å². The number of para-hydroxylation sites is 1. The standard InChI is InChI=1S/C22H26N4OS/c1-5-15(3)18-8-6-7-9-19(18)23-21(27)16(4)28-22-24-20(25-26-22)17-12-10-14(2)11-13-17/h6-13,15-16H,5H2,1-4H3,(H,23,27)(H,24,25,26)/t15-,16+/m0/s1. The minimum Gasteiger partial charge on any atom is -0.325 e. The Bertz CT molecular complexity index is 936. The number of thioether (sulfide) groups is 1. The number of aromatic amines is 1. The average Bonchev–Trinajstić information content (AvgIpc) is 3.16. The van der Waals surface area contributed by atoms with Crippen LogP contribution in [0.2, 0.25) is 0 Å². The lowest BCUT2D eigenvalue weighted by atomic mass is 9.97. The van der Waals surface area contributed by atoms with Gasteiger partial charge in [-0.3, -0.25) is 9.89 Å². The van der Waals surface area contributed by atoms with Crippen LogP contribution < -0.4 is 5.32 Å². The van der Waals surface area contributed by atoms with E-state index < -0.39 is 0 Å². The summed E-state index contributed by atoms with van der Waals surface area (Å²) < 4.78 is 0. The van der Waals surface area contributed by atoms with Gasteiger partial charge in [0.05, 0.1) is 5.25 Å². The molecule has 0 saturated carbocycles. The molecule has 0 aliphatic carbocycles. The van der Waals surface area contributed by atoms with Gasteiger partial charge in [-0.2, -0.15) is 0 Å². The Labute approximate surface area is 170 Å². The van der Waals surface area contributed by atoms with E-state index in [1.54, 1.807) is 0 Å². The number of aryl methyl sites for hydroxylation is 1. The summed E-state index contributed by atoms with van der Waals surface area (Å²) in [5.74, 6) is 1.05. The van der Waals surface area contributed by atoms with Crippen LogP contribution in [0.3, 0.4) is 0 Å². The first kappa shape index (κ1) is 20.1. The van der Waals surface area contributed by atoms with Crippen molar-refractivity contribution in [3.63, 3.8) is 0 Å². The molecule has 2 atom stereocenters. The first-order valence-corrected chi connectivity index (χ1v) is 10.4. The van der Waals surface area contributed by atoms with Gasteiger partial charge in [0.15, 0.2) is 5.82 Å². The predicted octanol–water partition coefficient (Wildman–Crippen LogP) is 5.41. The molecule has 2 N–H and O–H groups in total. The summed E-state index contributed by atoms with van der Waals surface area (Å²) >= 11 is 1.34. The van der Waals surface area contributed by atoms with Crippen LogP contribution in [0, 0.1) is 6.92 Å². The Hall–Kier alpha value is -2.60. The third kappa shape index (κ3) is 4.81. The van der Waals surface area contributed by atoms with E-state index in [-0.39, 0.29) is 11.2 Å². The Morgan fingerprint density at radius 1 is 1.14 bits per heavy atom. The van der Waals surface area contributed by atoms with Crippen LogP contribution in [0.25, 0.3) is 11.4 Å². The first-order chi connectivity index (χ1) is 13.5. The second-order valence-electron chi connectivity index (χ2n) is 6.98. The van der Waals surface area contributed by atoms with Crippen LogP contribution in [0.15, 0.2) is 53.7 Å². The lowest BCUT2D eigenvalue weighted by molar-refractivity contribution is -0.115. The van der Waals surface area contributed by atoms with Crippen molar-refractivity contribution < 1.29 is 4.79 Å². The van der Waals surface area contributed by atoms with E-state index in [0.29, 0.717) is 16.9 Å². The average molecular weight is 395 g/mol. The Kier molecular flexibility index (Phi) is 6.52. The maximum absolute atomic E-state index is 12.7. The Morgan fingerprint density at radius 3 is 2.57 bits per heavy atom. The summed E-state index contributed by atoms with van der Waals surface area (Å²) in [5.41, 5.74) is 4.21. The van der Waals surface area contributed by atoms with E-state index in [9.17, 15) is 4.79 Å². The first-order valence-electron chi connectivity index (χ1n) is 9.53. The predicted molar refractivity (Wildman–Crippen MR) is 116 cm³/mol. The van der Waals surface area contributed by atoms with Crippen LogP contribution in [-0.2, 0) is 4.79 Å². The molecule has 1 aromatic heterocycles. The fourth-order valence-electron chi connectivity index (χ4n) is 2.85. The van der Waals surface area contributed by atoms with E-state index in [2.05, 4.69) is 40.4 Å². The molecule has 0 saturated heterocycles. The number of hydrogen-bond acceptors (Lipinski definition) is 4. The van der Waals surface area contributed by atoms with Gasteiger partial charge in [-0.1, -0.05) is 73.6 Å². The number of nitrogens with zero attached hydrogens (tertiary/aromatic N) is 2. The number of carbonyl (C=O) groups excluding carboxylic acids is 1. The number of hydrogen-bond donors (Lipinski definition) is 2. The van der Waals surface area contributed by atoms with Crippen LogP contribution in [-0.4, -0.2) is 26.3 Å². The van der Waals surface area contributed by atoms with Crippen molar-refractivity contribution in [1.29, 1.82) is 0 Å². The van der Waals surface area contributed by atoms with Gasteiger partial charge in [-0.15, -0.1) is 5.10 Å². The van der Waals surface area contributed by atoms with Gasteiger partial charge >= 0.3 is 0 Å². The van der Waals surface area contributed by atoms with Crippen molar-refractivity contribution >= 4 is 23.4 Å². The molecule has 3 rings (SSSR count). The van der Waals surface area contributed by atoms with Crippen molar-refractivity contribution in [3.8, 4) is 11.4 Å². The van der Waals surface area contributed by atoms with Crippen molar-refractivity contribution in [2.75, 3.05) is 5.32 Å². The summed E-state index contributed by atoms with van der Waals surface area (Å²) in [6.07, 6.45) is 1.02. The number of rotatable bonds is 7. The molecule has 1 heterocycles. The third-order valence-corrected chi connectivity index (χ3v) is 5.76. The SMILES string of the molecule is CC[C@H](C)c1ccccc1NC(=O)[C@@H](C)Sc1n[nH]c(-c2ccc(C)cc2)n1. The molecule has 0 radical (unpaired) electrons. The maximum atomic E-state index is 12.7. The molecule has 0 bridgehead atoms. The van der Waals surface area contributed by atoms with E-state index >= 15 is 0 Å². The highest BCUT2D eigenvalue weighted by Crippen LogP contribution is 2.28. The molecule has 0 aliphatic rings. The number of amides is 1. The minimum absolute atomic E-state index is 0.0533. The summed E-state index contributed by atoms with van der Waals surface area (Å²) in [6.45, 7) is 8.24. The molecule has 2 aromatic carbocycles. The number of nitrogens with one attached hydrogen (secondary N) is 2. The van der Waals surface area contributed by atoms with Gasteiger partial charge in [0, 0.05) is 11.3 Å². The van der Waals surface area contributed by atoms with E-state index in [1.165, 1.54) is 17.3 Å². The highest BCUT2D eigenvalue weighted by molar-refractivity contribution is 8.00. The molecule has 1 amide bonds. The van der Waals surface area contributed by atoms with Gasteiger partial charge in [-0.05, 0) is 37.8 Å². The fraction of sp³-hybridized carbons (Fsp3) is 0.318. The lowest BCUT2D eigenvalue weighted by Crippen LogP contribution is -2.23. The van der Waals surface area contributed by atoms with Gasteiger partial charge in [-0.25, -0.2) is 4.98 Å². The second-order valence-corrected chi connectivity index (χ2v) is 8.29. The molecule has 28 heavy (non-hydrogen) atoms. The van der Waals surface area contributed by atoms with Gasteiger partial charge in [0.2, 0.25) is 11.1 Å². The summed E-state index contributed by atoms with van der Waals surface area (Å²) in [7, 11) is 0. The van der Waals surface area contributed by atoms with Gasteiger partial charge in [0.25, 0.3) is 0 Å². The van der Waals surface area contributed by atoms with Crippen molar-refractivity contribution in [3.05, 3.63) is 59.7 Å². The molecule has 0 fully saturated rings.